The van der Waals surface area contributed by atoms with Crippen molar-refractivity contribution in [3.63, 3.8) is 0 Å². The molecule has 0 atom stereocenters. The second kappa shape index (κ2) is 5.63. The average Bonchev–Trinajstić information content (AvgIpc) is 2.26. The molecule has 1 aromatic carbocycles. The van der Waals surface area contributed by atoms with Gasteiger partial charge in [-0.05, 0) is 29.4 Å². The van der Waals surface area contributed by atoms with Crippen molar-refractivity contribution in [2.75, 3.05) is 6.16 Å². The van der Waals surface area contributed by atoms with Crippen LogP contribution in [0.4, 0.5) is 0 Å². The molecule has 0 aliphatic rings. The quantitative estimate of drug-likeness (QED) is 0.812. The lowest BCUT2D eigenvalue weighted by Crippen LogP contribution is -2.18. The smallest absolute Gasteiger partial charge is 0.287 e. The molecule has 2 N–H and O–H groups in total. The summed E-state index contributed by atoms with van der Waals surface area (Å²) in [7, 11) is -3.30. The fourth-order valence-electron chi connectivity index (χ4n) is 1.88. The predicted octanol–water partition coefficient (Wildman–Crippen LogP) is 4.43. The molecule has 0 amide bonds. The van der Waals surface area contributed by atoms with Crippen molar-refractivity contribution in [1.29, 1.82) is 0 Å². The molecule has 0 heterocycles. The minimum atomic E-state index is -3.30. The molecular formula is C16H28O3P+. The molecule has 0 aromatic heterocycles. The van der Waals surface area contributed by atoms with Gasteiger partial charge in [-0.1, -0.05) is 53.7 Å². The monoisotopic (exact) mass is 299 g/mol. The van der Waals surface area contributed by atoms with Crippen LogP contribution >= 0.6 is 7.94 Å². The van der Waals surface area contributed by atoms with Crippen molar-refractivity contribution in [1.82, 2.24) is 0 Å². The Kier molecular flexibility index (Phi) is 4.91. The van der Waals surface area contributed by atoms with Crippen LogP contribution in [0.3, 0.4) is 0 Å². The summed E-state index contributed by atoms with van der Waals surface area (Å²) in [4.78, 5) is 19.7. The second-order valence-corrected chi connectivity index (χ2v) is 9.43. The lowest BCUT2D eigenvalue weighted by atomic mass is 9.80. The minimum absolute atomic E-state index is 0.0496. The normalized spacial score (nSPS) is 13.4. The van der Waals surface area contributed by atoms with E-state index in [1.165, 1.54) is 5.56 Å². The van der Waals surface area contributed by atoms with Crippen molar-refractivity contribution in [3.8, 4) is 5.75 Å². The van der Waals surface area contributed by atoms with E-state index < -0.39 is 7.94 Å². The number of hydrogen-bond donors (Lipinski definition) is 2. The Morgan fingerprint density at radius 1 is 1.00 bits per heavy atom. The molecule has 0 saturated carbocycles. The van der Waals surface area contributed by atoms with E-state index in [4.69, 9.17) is 4.52 Å². The van der Waals surface area contributed by atoms with Crippen LogP contribution in [0.1, 0.15) is 59.6 Å². The molecule has 0 spiro atoms. The molecule has 1 rings (SSSR count). The molecule has 4 heteroatoms. The first kappa shape index (κ1) is 17.4. The molecule has 1 aromatic rings. The molecule has 20 heavy (non-hydrogen) atoms. The SMILES string of the molecule is CC[P+](O)(O)Oc1ccc(C(C)(C)C)cc1C(C)(C)C. The highest BCUT2D eigenvalue weighted by Gasteiger charge is 2.36. The maximum Gasteiger partial charge on any atom is 0.451 e. The summed E-state index contributed by atoms with van der Waals surface area (Å²) in [6.07, 6.45) is 0.220. The van der Waals surface area contributed by atoms with Gasteiger partial charge in [0.1, 0.15) is 6.16 Å². The Bertz CT molecular complexity index is 468. The van der Waals surface area contributed by atoms with Gasteiger partial charge in [0.15, 0.2) is 5.75 Å². The van der Waals surface area contributed by atoms with E-state index in [0.29, 0.717) is 5.75 Å². The molecular weight excluding hydrogens is 271 g/mol. The number of benzene rings is 1. The highest BCUT2D eigenvalue weighted by Crippen LogP contribution is 2.52. The van der Waals surface area contributed by atoms with Crippen LogP contribution in [0.15, 0.2) is 18.2 Å². The van der Waals surface area contributed by atoms with Gasteiger partial charge >= 0.3 is 7.94 Å². The summed E-state index contributed by atoms with van der Waals surface area (Å²) in [5.41, 5.74) is 2.15. The van der Waals surface area contributed by atoms with Gasteiger partial charge in [0.25, 0.3) is 0 Å². The summed E-state index contributed by atoms with van der Waals surface area (Å²) < 4.78 is 5.50. The largest absolute Gasteiger partial charge is 0.451 e. The Morgan fingerprint density at radius 2 is 1.55 bits per heavy atom. The van der Waals surface area contributed by atoms with Crippen LogP contribution in [0, 0.1) is 0 Å². The van der Waals surface area contributed by atoms with E-state index in [9.17, 15) is 9.79 Å². The zero-order chi connectivity index (χ0) is 15.8. The first-order valence-electron chi connectivity index (χ1n) is 7.05. The van der Waals surface area contributed by atoms with Gasteiger partial charge in [-0.2, -0.15) is 9.79 Å². The minimum Gasteiger partial charge on any atom is -0.287 e. The van der Waals surface area contributed by atoms with Gasteiger partial charge in [0, 0.05) is 5.56 Å². The number of rotatable bonds is 3. The van der Waals surface area contributed by atoms with E-state index in [1.807, 2.05) is 12.1 Å². The predicted molar refractivity (Wildman–Crippen MR) is 86.4 cm³/mol. The van der Waals surface area contributed by atoms with Gasteiger partial charge in [-0.15, -0.1) is 0 Å². The van der Waals surface area contributed by atoms with Gasteiger partial charge in [-0.3, -0.25) is 4.52 Å². The zero-order valence-corrected chi connectivity index (χ0v) is 14.6. The van der Waals surface area contributed by atoms with Crippen molar-refractivity contribution < 1.29 is 14.3 Å². The van der Waals surface area contributed by atoms with Crippen LogP contribution in [-0.4, -0.2) is 15.9 Å². The summed E-state index contributed by atoms with van der Waals surface area (Å²) >= 11 is 0. The van der Waals surface area contributed by atoms with E-state index >= 15 is 0 Å². The third-order valence-electron chi connectivity index (χ3n) is 3.31. The van der Waals surface area contributed by atoms with Crippen molar-refractivity contribution in [3.05, 3.63) is 29.3 Å². The molecule has 3 nitrogen and oxygen atoms in total. The Labute approximate surface area is 123 Å². The second-order valence-electron chi connectivity index (χ2n) is 7.28. The van der Waals surface area contributed by atoms with Gasteiger partial charge in [0.2, 0.25) is 0 Å². The average molecular weight is 299 g/mol. The first-order valence-corrected chi connectivity index (χ1v) is 8.85. The first-order chi connectivity index (χ1) is 8.87. The maximum atomic E-state index is 9.84. The molecule has 0 saturated heterocycles. The van der Waals surface area contributed by atoms with Crippen LogP contribution < -0.4 is 4.52 Å². The lowest BCUT2D eigenvalue weighted by Gasteiger charge is -2.26. The summed E-state index contributed by atoms with van der Waals surface area (Å²) in [5.74, 6) is 0.575. The highest BCUT2D eigenvalue weighted by molar-refractivity contribution is 7.59. The van der Waals surface area contributed by atoms with E-state index in [0.717, 1.165) is 5.56 Å². The van der Waals surface area contributed by atoms with Crippen LogP contribution in [-0.2, 0) is 10.8 Å². The Hall–Kier alpha value is -0.630. The van der Waals surface area contributed by atoms with Gasteiger partial charge in [0.05, 0.1) is 0 Å². The van der Waals surface area contributed by atoms with Crippen molar-refractivity contribution in [2.45, 2.75) is 59.3 Å². The maximum absolute atomic E-state index is 9.84. The highest BCUT2D eigenvalue weighted by atomic mass is 31.2. The Balaban J connectivity index is 3.32. The standard InChI is InChI=1S/C16H28O3P/c1-8-20(17,18)19-14-10-9-12(15(2,3)4)11-13(14)16(5,6)7/h9-11,17-18H,8H2,1-7H3/q+1. The topological polar surface area (TPSA) is 49.7 Å². The van der Waals surface area contributed by atoms with E-state index in [2.05, 4.69) is 47.6 Å². The fraction of sp³-hybridized carbons (Fsp3) is 0.625. The molecule has 0 aliphatic carbocycles. The molecule has 0 radical (unpaired) electrons. The number of hydrogen-bond acceptors (Lipinski definition) is 3. The lowest BCUT2D eigenvalue weighted by molar-refractivity contribution is 0.336. The third kappa shape index (κ3) is 4.44. The summed E-state index contributed by atoms with van der Waals surface area (Å²) in [6.45, 7) is 14.5. The van der Waals surface area contributed by atoms with E-state index in [1.54, 1.807) is 6.92 Å². The van der Waals surface area contributed by atoms with Crippen LogP contribution in [0.5, 0.6) is 5.75 Å². The fourth-order valence-corrected chi connectivity index (χ4v) is 2.49. The van der Waals surface area contributed by atoms with Crippen LogP contribution in [0.25, 0.3) is 0 Å². The van der Waals surface area contributed by atoms with Crippen molar-refractivity contribution >= 4 is 7.94 Å². The van der Waals surface area contributed by atoms with Gasteiger partial charge in [-0.25, -0.2) is 0 Å². The Morgan fingerprint density at radius 3 is 1.95 bits per heavy atom. The molecule has 114 valence electrons. The molecule has 0 unspecified atom stereocenters. The van der Waals surface area contributed by atoms with Crippen molar-refractivity contribution in [2.24, 2.45) is 0 Å². The van der Waals surface area contributed by atoms with Gasteiger partial charge < -0.3 is 0 Å². The zero-order valence-electron chi connectivity index (χ0n) is 13.7. The molecule has 0 aliphatic heterocycles. The molecule has 0 fully saturated rings. The third-order valence-corrected chi connectivity index (χ3v) is 4.62. The summed E-state index contributed by atoms with van der Waals surface area (Å²) in [6, 6.07) is 5.98. The molecule has 0 bridgehead atoms. The van der Waals surface area contributed by atoms with Crippen LogP contribution in [0.2, 0.25) is 0 Å². The summed E-state index contributed by atoms with van der Waals surface area (Å²) in [5, 5.41) is 0. The van der Waals surface area contributed by atoms with E-state index in [-0.39, 0.29) is 17.0 Å².